The Balaban J connectivity index is 1.76. The maximum atomic E-state index is 14.7. The second kappa shape index (κ2) is 9.94. The summed E-state index contributed by atoms with van der Waals surface area (Å²) in [4.78, 5) is 0. The Morgan fingerprint density at radius 2 is 1.32 bits per heavy atom. The highest BCUT2D eigenvalue weighted by Crippen LogP contribution is 2.31. The van der Waals surface area contributed by atoms with Crippen molar-refractivity contribution in [3.8, 4) is 28.0 Å². The molecule has 0 aromatic heterocycles. The largest absolute Gasteiger partial charge is 0.573 e. The van der Waals surface area contributed by atoms with E-state index in [0.29, 0.717) is 16.7 Å². The van der Waals surface area contributed by atoms with Gasteiger partial charge >= 0.3 is 6.36 Å². The summed E-state index contributed by atoms with van der Waals surface area (Å²) in [6.07, 6.45) is 0.422. The Morgan fingerprint density at radius 3 is 1.94 bits per heavy atom. The smallest absolute Gasteiger partial charge is 0.406 e. The van der Waals surface area contributed by atoms with E-state index < -0.39 is 18.0 Å². The summed E-state index contributed by atoms with van der Waals surface area (Å²) in [5.74, 6) is -1.39. The van der Waals surface area contributed by atoms with E-state index in [0.717, 1.165) is 49.8 Å². The highest BCUT2D eigenvalue weighted by molar-refractivity contribution is 5.71. The first-order valence-electron chi connectivity index (χ1n) is 10.2. The first-order valence-corrected chi connectivity index (χ1v) is 10.2. The topological polar surface area (TPSA) is 9.23 Å². The van der Waals surface area contributed by atoms with Crippen LogP contribution in [0.1, 0.15) is 38.2 Å². The molecule has 0 atom stereocenters. The number of halogens is 5. The molecule has 0 aliphatic heterocycles. The molecule has 3 rings (SSSR count). The lowest BCUT2D eigenvalue weighted by Crippen LogP contribution is -2.16. The number of hydrogen-bond acceptors (Lipinski definition) is 1. The minimum absolute atomic E-state index is 0.204. The van der Waals surface area contributed by atoms with Gasteiger partial charge in [-0.2, -0.15) is 0 Å². The molecule has 164 valence electrons. The van der Waals surface area contributed by atoms with Gasteiger partial charge in [-0.05, 0) is 53.8 Å². The molecule has 0 aliphatic carbocycles. The lowest BCUT2D eigenvalue weighted by atomic mass is 9.97. The molecule has 0 saturated carbocycles. The van der Waals surface area contributed by atoms with Gasteiger partial charge in [-0.25, -0.2) is 8.78 Å². The second-order valence-electron chi connectivity index (χ2n) is 7.39. The molecule has 1 nitrogen and oxygen atoms in total. The van der Waals surface area contributed by atoms with Gasteiger partial charge in [0, 0.05) is 11.1 Å². The Kier molecular flexibility index (Phi) is 7.31. The van der Waals surface area contributed by atoms with Crippen molar-refractivity contribution in [3.05, 3.63) is 77.9 Å². The van der Waals surface area contributed by atoms with Crippen LogP contribution in [-0.4, -0.2) is 6.36 Å². The maximum absolute atomic E-state index is 14.7. The highest BCUT2D eigenvalue weighted by atomic mass is 19.4. The quantitative estimate of drug-likeness (QED) is 0.256. The minimum atomic E-state index is -4.79. The molecule has 0 unspecified atom stereocenters. The summed E-state index contributed by atoms with van der Waals surface area (Å²) < 4.78 is 70.0. The monoisotopic (exact) mass is 434 g/mol. The first-order chi connectivity index (χ1) is 14.8. The fraction of sp³-hybridized carbons (Fsp3) is 0.280. The van der Waals surface area contributed by atoms with E-state index in [1.807, 2.05) is 6.07 Å². The van der Waals surface area contributed by atoms with Crippen LogP contribution in [-0.2, 0) is 6.42 Å². The average Bonchev–Trinajstić information content (AvgIpc) is 2.71. The summed E-state index contributed by atoms with van der Waals surface area (Å²) in [5.41, 5.74) is 2.21. The lowest BCUT2D eigenvalue weighted by molar-refractivity contribution is -0.274. The van der Waals surface area contributed by atoms with Crippen molar-refractivity contribution in [2.24, 2.45) is 0 Å². The Bertz CT molecular complexity index is 1010. The summed E-state index contributed by atoms with van der Waals surface area (Å²) in [6.45, 7) is 2.14. The third-order valence-corrected chi connectivity index (χ3v) is 5.03. The van der Waals surface area contributed by atoms with E-state index in [9.17, 15) is 22.0 Å². The fourth-order valence-corrected chi connectivity index (χ4v) is 3.46. The van der Waals surface area contributed by atoms with E-state index in [1.165, 1.54) is 30.3 Å². The van der Waals surface area contributed by atoms with Crippen LogP contribution in [0.5, 0.6) is 5.75 Å². The van der Waals surface area contributed by atoms with Gasteiger partial charge in [-0.15, -0.1) is 13.2 Å². The van der Waals surface area contributed by atoms with Crippen molar-refractivity contribution in [3.63, 3.8) is 0 Å². The Hall–Kier alpha value is -2.89. The lowest BCUT2D eigenvalue weighted by Gasteiger charge is -2.11. The number of hydrogen-bond donors (Lipinski definition) is 0. The Labute approximate surface area is 178 Å². The van der Waals surface area contributed by atoms with Crippen LogP contribution < -0.4 is 4.74 Å². The number of benzene rings is 3. The number of alkyl halides is 3. The zero-order chi connectivity index (χ0) is 22.4. The predicted octanol–water partition coefficient (Wildman–Crippen LogP) is 8.32. The Morgan fingerprint density at radius 1 is 0.710 bits per heavy atom. The van der Waals surface area contributed by atoms with Gasteiger partial charge in [0.05, 0.1) is 0 Å². The molecule has 0 fully saturated rings. The number of rotatable bonds is 8. The van der Waals surface area contributed by atoms with Gasteiger partial charge < -0.3 is 4.74 Å². The van der Waals surface area contributed by atoms with E-state index >= 15 is 0 Å². The van der Waals surface area contributed by atoms with Crippen molar-refractivity contribution in [2.45, 2.75) is 45.4 Å². The molecule has 0 N–H and O–H groups in total. The SMILES string of the molecule is CCCCCCc1ccc(-c2ccc(-c3ccc(OC(F)(F)F)cc3)c(F)c2)c(F)c1. The molecule has 0 aliphatic rings. The van der Waals surface area contributed by atoms with Gasteiger partial charge in [0.15, 0.2) is 0 Å². The van der Waals surface area contributed by atoms with Crippen LogP contribution in [0.15, 0.2) is 60.7 Å². The molecule has 0 heterocycles. The molecular formula is C25H23F5O. The maximum Gasteiger partial charge on any atom is 0.573 e. The number of aryl methyl sites for hydroxylation is 1. The molecular weight excluding hydrogens is 411 g/mol. The van der Waals surface area contributed by atoms with Gasteiger partial charge in [-0.1, -0.05) is 62.6 Å². The standard InChI is InChI=1S/C25H23F5O/c1-2-3-4-5-6-17-7-13-22(23(26)15-17)19-10-14-21(24(27)16-19)18-8-11-20(12-9-18)31-25(28,29)30/h7-16H,2-6H2,1H3. The van der Waals surface area contributed by atoms with Gasteiger partial charge in [0.2, 0.25) is 0 Å². The molecule has 0 amide bonds. The summed E-state index contributed by atoms with van der Waals surface area (Å²) in [5, 5.41) is 0. The molecule has 0 bridgehead atoms. The van der Waals surface area contributed by atoms with Gasteiger partial charge in [0.25, 0.3) is 0 Å². The van der Waals surface area contributed by atoms with Crippen LogP contribution in [0.25, 0.3) is 22.3 Å². The molecule has 3 aromatic rings. The van der Waals surface area contributed by atoms with Crippen molar-refractivity contribution in [1.82, 2.24) is 0 Å². The summed E-state index contributed by atoms with van der Waals surface area (Å²) >= 11 is 0. The third-order valence-electron chi connectivity index (χ3n) is 5.03. The number of unbranched alkanes of at least 4 members (excludes halogenated alkanes) is 3. The summed E-state index contributed by atoms with van der Waals surface area (Å²) in [7, 11) is 0. The van der Waals surface area contributed by atoms with Gasteiger partial charge in [0.1, 0.15) is 17.4 Å². The summed E-state index contributed by atoms with van der Waals surface area (Å²) in [6, 6.07) is 14.2. The molecule has 0 spiro atoms. The van der Waals surface area contributed by atoms with E-state index in [2.05, 4.69) is 11.7 Å². The van der Waals surface area contributed by atoms with Crippen LogP contribution >= 0.6 is 0 Å². The van der Waals surface area contributed by atoms with Crippen molar-refractivity contribution in [2.75, 3.05) is 0 Å². The van der Waals surface area contributed by atoms with E-state index in [4.69, 9.17) is 0 Å². The fourth-order valence-electron chi connectivity index (χ4n) is 3.46. The highest BCUT2D eigenvalue weighted by Gasteiger charge is 2.31. The minimum Gasteiger partial charge on any atom is -0.406 e. The first kappa shape index (κ1) is 22.8. The van der Waals surface area contributed by atoms with Gasteiger partial charge in [-0.3, -0.25) is 0 Å². The van der Waals surface area contributed by atoms with E-state index in [-0.39, 0.29) is 11.3 Å². The normalized spacial score (nSPS) is 11.5. The predicted molar refractivity (Wildman–Crippen MR) is 112 cm³/mol. The van der Waals surface area contributed by atoms with Crippen molar-refractivity contribution >= 4 is 0 Å². The van der Waals surface area contributed by atoms with Crippen LogP contribution in [0.4, 0.5) is 22.0 Å². The average molecular weight is 434 g/mol. The molecule has 6 heteroatoms. The molecule has 3 aromatic carbocycles. The van der Waals surface area contributed by atoms with Crippen LogP contribution in [0.3, 0.4) is 0 Å². The van der Waals surface area contributed by atoms with E-state index in [1.54, 1.807) is 12.1 Å². The van der Waals surface area contributed by atoms with Crippen molar-refractivity contribution in [1.29, 1.82) is 0 Å². The third kappa shape index (κ3) is 6.29. The zero-order valence-electron chi connectivity index (χ0n) is 17.1. The molecule has 31 heavy (non-hydrogen) atoms. The molecule has 0 saturated heterocycles. The van der Waals surface area contributed by atoms with Crippen LogP contribution in [0.2, 0.25) is 0 Å². The van der Waals surface area contributed by atoms with Crippen LogP contribution in [0, 0.1) is 11.6 Å². The second-order valence-corrected chi connectivity index (χ2v) is 7.39. The molecule has 0 radical (unpaired) electrons. The zero-order valence-corrected chi connectivity index (χ0v) is 17.1. The van der Waals surface area contributed by atoms with Crippen molar-refractivity contribution < 1.29 is 26.7 Å². The number of ether oxygens (including phenoxy) is 1.